The summed E-state index contributed by atoms with van der Waals surface area (Å²) in [6.07, 6.45) is 0. The minimum Gasteiger partial charge on any atom is -0.497 e. The maximum absolute atomic E-state index is 12.9. The second kappa shape index (κ2) is 10.9. The van der Waals surface area contributed by atoms with Crippen molar-refractivity contribution in [1.82, 2.24) is 14.5 Å². The lowest BCUT2D eigenvalue weighted by atomic mass is 10.3. The number of aromatic nitrogens is 2. The van der Waals surface area contributed by atoms with E-state index in [4.69, 9.17) is 13.9 Å². The van der Waals surface area contributed by atoms with Gasteiger partial charge in [0.1, 0.15) is 23.9 Å². The lowest BCUT2D eigenvalue weighted by Crippen LogP contribution is -2.27. The summed E-state index contributed by atoms with van der Waals surface area (Å²) in [5.74, 6) is 2.35. The van der Waals surface area contributed by atoms with Crippen LogP contribution < -0.4 is 14.8 Å². The van der Waals surface area contributed by atoms with Gasteiger partial charge in [-0.3, -0.25) is 10.1 Å². The fraction of sp³-hybridized carbons (Fsp3) is 0.308. The molecule has 0 aliphatic heterocycles. The molecule has 0 fully saturated rings. The predicted octanol–water partition coefficient (Wildman–Crippen LogP) is 4.81. The van der Waals surface area contributed by atoms with Crippen LogP contribution in [-0.2, 0) is 13.2 Å². The highest BCUT2D eigenvalue weighted by Crippen LogP contribution is 2.22. The highest BCUT2D eigenvalue weighted by atomic mass is 16.5. The van der Waals surface area contributed by atoms with Crippen molar-refractivity contribution in [2.24, 2.45) is 0 Å². The smallest absolute Gasteiger partial charge is 0.293 e. The third-order valence-corrected chi connectivity index (χ3v) is 5.74. The van der Waals surface area contributed by atoms with Crippen LogP contribution >= 0.6 is 0 Å². The third kappa shape index (κ3) is 5.40. The first-order valence-electron chi connectivity index (χ1n) is 11.5. The lowest BCUT2D eigenvalue weighted by molar-refractivity contribution is 0.0991. The summed E-state index contributed by atoms with van der Waals surface area (Å²) in [4.78, 5) is 19.9. The number of furan rings is 1. The van der Waals surface area contributed by atoms with Crippen LogP contribution in [0.2, 0.25) is 0 Å². The number of hydrogen-bond donors (Lipinski definition) is 1. The molecule has 0 unspecified atom stereocenters. The number of carbonyl (C=O) groups excluding carboxylic acids is 1. The largest absolute Gasteiger partial charge is 0.497 e. The highest BCUT2D eigenvalue weighted by molar-refractivity contribution is 6.02. The van der Waals surface area contributed by atoms with E-state index in [0.29, 0.717) is 17.5 Å². The first-order chi connectivity index (χ1) is 16.6. The summed E-state index contributed by atoms with van der Waals surface area (Å²) < 4.78 is 18.7. The van der Waals surface area contributed by atoms with Gasteiger partial charge >= 0.3 is 0 Å². The van der Waals surface area contributed by atoms with E-state index in [2.05, 4.69) is 29.0 Å². The van der Waals surface area contributed by atoms with Crippen LogP contribution in [0.4, 0.5) is 5.95 Å². The number of amides is 1. The molecule has 178 valence electrons. The molecule has 0 saturated carbocycles. The van der Waals surface area contributed by atoms with Crippen LogP contribution in [0.5, 0.6) is 11.5 Å². The zero-order valence-corrected chi connectivity index (χ0v) is 19.8. The fourth-order valence-electron chi connectivity index (χ4n) is 3.75. The van der Waals surface area contributed by atoms with Crippen molar-refractivity contribution in [3.63, 3.8) is 0 Å². The van der Waals surface area contributed by atoms with Crippen molar-refractivity contribution >= 4 is 22.9 Å². The molecule has 0 spiro atoms. The number of para-hydroxylation sites is 2. The molecular weight excluding hydrogens is 432 g/mol. The molecule has 0 saturated heterocycles. The van der Waals surface area contributed by atoms with Crippen molar-refractivity contribution in [2.45, 2.75) is 27.0 Å². The Balaban J connectivity index is 1.44. The first kappa shape index (κ1) is 23.4. The topological polar surface area (TPSA) is 81.8 Å². The number of methoxy groups -OCH3 is 1. The summed E-state index contributed by atoms with van der Waals surface area (Å²) in [6.45, 7) is 8.02. The third-order valence-electron chi connectivity index (χ3n) is 5.74. The van der Waals surface area contributed by atoms with Crippen molar-refractivity contribution < 1.29 is 18.7 Å². The van der Waals surface area contributed by atoms with E-state index < -0.39 is 0 Å². The Labute approximate surface area is 199 Å². The summed E-state index contributed by atoms with van der Waals surface area (Å²) >= 11 is 0. The molecule has 0 aliphatic carbocycles. The fourth-order valence-corrected chi connectivity index (χ4v) is 3.75. The standard InChI is InChI=1S/C26H30N4O4/c1-4-29(5-2)16-17-30-23-9-7-6-8-22(23)27-26(30)28-25(31)24-15-14-21(34-24)18-33-20-12-10-19(32-3)11-13-20/h6-15H,4-5,16-18H2,1-3H3,(H,27,28,31). The minimum absolute atomic E-state index is 0.204. The number of benzene rings is 2. The molecular formula is C26H30N4O4. The molecule has 8 heteroatoms. The van der Waals surface area contributed by atoms with E-state index in [9.17, 15) is 4.79 Å². The van der Waals surface area contributed by atoms with Crippen LogP contribution in [0.3, 0.4) is 0 Å². The number of rotatable bonds is 11. The summed E-state index contributed by atoms with van der Waals surface area (Å²) in [6, 6.07) is 18.5. The second-order valence-corrected chi connectivity index (χ2v) is 7.79. The quantitative estimate of drug-likeness (QED) is 0.344. The molecule has 2 heterocycles. The van der Waals surface area contributed by atoms with E-state index in [0.717, 1.165) is 43.0 Å². The molecule has 34 heavy (non-hydrogen) atoms. The molecule has 0 radical (unpaired) electrons. The van der Waals surface area contributed by atoms with Crippen molar-refractivity contribution in [3.05, 3.63) is 72.2 Å². The Kier molecular flexibility index (Phi) is 7.49. The van der Waals surface area contributed by atoms with E-state index in [-0.39, 0.29) is 18.3 Å². The number of nitrogens with zero attached hydrogens (tertiary/aromatic N) is 3. The van der Waals surface area contributed by atoms with Crippen molar-refractivity contribution in [1.29, 1.82) is 0 Å². The molecule has 2 aromatic heterocycles. The van der Waals surface area contributed by atoms with E-state index >= 15 is 0 Å². The maximum atomic E-state index is 12.9. The maximum Gasteiger partial charge on any atom is 0.293 e. The van der Waals surface area contributed by atoms with Gasteiger partial charge in [0.15, 0.2) is 5.76 Å². The van der Waals surface area contributed by atoms with Gasteiger partial charge in [0.2, 0.25) is 5.95 Å². The van der Waals surface area contributed by atoms with E-state index in [1.54, 1.807) is 19.2 Å². The average Bonchev–Trinajstić information content (AvgIpc) is 3.48. The van der Waals surface area contributed by atoms with Gasteiger partial charge in [-0.25, -0.2) is 4.98 Å². The highest BCUT2D eigenvalue weighted by Gasteiger charge is 2.17. The number of carbonyl (C=O) groups is 1. The van der Waals surface area contributed by atoms with Crippen LogP contribution in [0.25, 0.3) is 11.0 Å². The van der Waals surface area contributed by atoms with Gasteiger partial charge < -0.3 is 23.4 Å². The molecule has 1 N–H and O–H groups in total. The number of ether oxygens (including phenoxy) is 2. The van der Waals surface area contributed by atoms with Gasteiger partial charge in [0.05, 0.1) is 18.1 Å². The van der Waals surface area contributed by atoms with Crippen LogP contribution in [0, 0.1) is 0 Å². The Bertz CT molecular complexity index is 1230. The lowest BCUT2D eigenvalue weighted by Gasteiger charge is -2.19. The van der Waals surface area contributed by atoms with Gasteiger partial charge in [-0.05, 0) is 61.6 Å². The van der Waals surface area contributed by atoms with Crippen LogP contribution in [-0.4, -0.2) is 47.1 Å². The summed E-state index contributed by atoms with van der Waals surface area (Å²) in [5, 5.41) is 2.92. The van der Waals surface area contributed by atoms with E-state index in [1.807, 2.05) is 53.1 Å². The Morgan fingerprint density at radius 3 is 2.50 bits per heavy atom. The van der Waals surface area contributed by atoms with E-state index in [1.165, 1.54) is 0 Å². The number of imidazole rings is 1. The van der Waals surface area contributed by atoms with Gasteiger partial charge in [-0.1, -0.05) is 26.0 Å². The number of nitrogens with one attached hydrogen (secondary N) is 1. The molecule has 2 aromatic carbocycles. The summed E-state index contributed by atoms with van der Waals surface area (Å²) in [5.41, 5.74) is 1.82. The van der Waals surface area contributed by atoms with Gasteiger partial charge in [0.25, 0.3) is 5.91 Å². The molecule has 8 nitrogen and oxygen atoms in total. The zero-order valence-electron chi connectivity index (χ0n) is 19.8. The molecule has 4 aromatic rings. The minimum atomic E-state index is -0.352. The molecule has 0 atom stereocenters. The Morgan fingerprint density at radius 1 is 1.03 bits per heavy atom. The molecule has 0 aliphatic rings. The molecule has 0 bridgehead atoms. The average molecular weight is 463 g/mol. The zero-order chi connectivity index (χ0) is 23.9. The Hall–Kier alpha value is -3.78. The number of hydrogen-bond acceptors (Lipinski definition) is 6. The SMILES string of the molecule is CCN(CC)CCn1c(NC(=O)c2ccc(COc3ccc(OC)cc3)o2)nc2ccccc21. The number of likely N-dealkylation sites (N-methyl/N-ethyl adjacent to an activating group) is 1. The van der Waals surface area contributed by atoms with Crippen LogP contribution in [0.15, 0.2) is 65.1 Å². The van der Waals surface area contributed by atoms with Gasteiger partial charge in [0, 0.05) is 13.1 Å². The predicted molar refractivity (Wildman–Crippen MR) is 132 cm³/mol. The monoisotopic (exact) mass is 462 g/mol. The second-order valence-electron chi connectivity index (χ2n) is 7.79. The normalized spacial score (nSPS) is 11.2. The van der Waals surface area contributed by atoms with Crippen LogP contribution in [0.1, 0.15) is 30.2 Å². The Morgan fingerprint density at radius 2 is 1.76 bits per heavy atom. The van der Waals surface area contributed by atoms with Gasteiger partial charge in [-0.15, -0.1) is 0 Å². The summed E-state index contributed by atoms with van der Waals surface area (Å²) in [7, 11) is 1.62. The number of fused-ring (bicyclic) bond motifs is 1. The first-order valence-corrected chi connectivity index (χ1v) is 11.5. The number of anilines is 1. The molecule has 1 amide bonds. The molecule has 4 rings (SSSR count). The van der Waals surface area contributed by atoms with Gasteiger partial charge in [-0.2, -0.15) is 0 Å². The van der Waals surface area contributed by atoms with Crippen molar-refractivity contribution in [2.75, 3.05) is 32.1 Å². The van der Waals surface area contributed by atoms with Crippen molar-refractivity contribution in [3.8, 4) is 11.5 Å².